The molecule has 0 aliphatic heterocycles. The summed E-state index contributed by atoms with van der Waals surface area (Å²) in [5.74, 6) is -0.161. The summed E-state index contributed by atoms with van der Waals surface area (Å²) in [6.45, 7) is 6.51. The quantitative estimate of drug-likeness (QED) is 0.592. The molecule has 0 spiro atoms. The molecule has 5 nitrogen and oxygen atoms in total. The van der Waals surface area contributed by atoms with Crippen LogP contribution in [0.2, 0.25) is 0 Å². The van der Waals surface area contributed by atoms with Crippen LogP contribution < -0.4 is 10.1 Å². The van der Waals surface area contributed by atoms with Crippen LogP contribution in [0, 0.1) is 0 Å². The van der Waals surface area contributed by atoms with Gasteiger partial charge in [-0.15, -0.1) is 0 Å². The molecule has 0 aromatic heterocycles. The first kappa shape index (κ1) is 17.8. The first-order valence-corrected chi connectivity index (χ1v) is 7.46. The van der Waals surface area contributed by atoms with Gasteiger partial charge in [0.15, 0.2) is 6.10 Å². The van der Waals surface area contributed by atoms with E-state index in [1.54, 1.807) is 13.0 Å². The fourth-order valence-corrected chi connectivity index (χ4v) is 1.72. The number of hydrogen-bond acceptors (Lipinski definition) is 4. The zero-order valence-electron chi connectivity index (χ0n) is 13.3. The minimum Gasteiger partial charge on any atom is -0.493 e. The van der Waals surface area contributed by atoms with Crippen molar-refractivity contribution in [1.82, 2.24) is 5.32 Å². The maximum absolute atomic E-state index is 11.7. The van der Waals surface area contributed by atoms with Gasteiger partial charge in [-0.3, -0.25) is 4.79 Å². The van der Waals surface area contributed by atoms with E-state index in [4.69, 9.17) is 9.47 Å². The second kappa shape index (κ2) is 9.60. The molecule has 1 atom stereocenters. The molecule has 1 aromatic carbocycles. The predicted molar refractivity (Wildman–Crippen MR) is 85.5 cm³/mol. The Kier molecular flexibility index (Phi) is 7.75. The highest BCUT2D eigenvalue weighted by molar-refractivity contribution is 5.90. The van der Waals surface area contributed by atoms with Crippen LogP contribution in [0.25, 0.3) is 6.08 Å². The smallest absolute Gasteiger partial charge is 0.331 e. The summed E-state index contributed by atoms with van der Waals surface area (Å²) in [5, 5.41) is 2.68. The number of hydrogen-bond donors (Lipinski definition) is 1. The molecule has 22 heavy (non-hydrogen) atoms. The molecule has 0 fully saturated rings. The standard InChI is InChI=1S/C17H23NO4/c1-4-12-18-17(20)13(3)22-16(19)11-10-14-8-6-7-9-15(14)21-5-2/h6-11,13H,4-5,12H2,1-3H3,(H,18,20)/b11-10+. The maximum atomic E-state index is 11.7. The lowest BCUT2D eigenvalue weighted by Crippen LogP contribution is -2.35. The summed E-state index contributed by atoms with van der Waals surface area (Å²) < 4.78 is 10.5. The third kappa shape index (κ3) is 5.99. The first-order chi connectivity index (χ1) is 10.6. The Hall–Kier alpha value is -2.30. The van der Waals surface area contributed by atoms with Crippen LogP contribution in [0.1, 0.15) is 32.8 Å². The number of ether oxygens (including phenoxy) is 2. The molecule has 1 aromatic rings. The molecule has 0 saturated carbocycles. The monoisotopic (exact) mass is 305 g/mol. The Morgan fingerprint density at radius 3 is 2.68 bits per heavy atom. The molecule has 5 heteroatoms. The summed E-state index contributed by atoms with van der Waals surface area (Å²) in [4.78, 5) is 23.4. The van der Waals surface area contributed by atoms with Crippen molar-refractivity contribution < 1.29 is 19.1 Å². The Bertz CT molecular complexity index is 525. The summed E-state index contributed by atoms with van der Waals surface area (Å²) in [6.07, 6.45) is 2.93. The number of para-hydroxylation sites is 1. The van der Waals surface area contributed by atoms with Gasteiger partial charge < -0.3 is 14.8 Å². The topological polar surface area (TPSA) is 64.6 Å². The van der Waals surface area contributed by atoms with E-state index in [9.17, 15) is 9.59 Å². The van der Waals surface area contributed by atoms with Crippen molar-refractivity contribution in [2.24, 2.45) is 0 Å². The number of benzene rings is 1. The fraction of sp³-hybridized carbons (Fsp3) is 0.412. The van der Waals surface area contributed by atoms with Crippen LogP contribution in [0.3, 0.4) is 0 Å². The molecule has 1 unspecified atom stereocenters. The van der Waals surface area contributed by atoms with Gasteiger partial charge in [-0.1, -0.05) is 25.1 Å². The van der Waals surface area contributed by atoms with Crippen LogP contribution in [-0.4, -0.2) is 31.1 Å². The van der Waals surface area contributed by atoms with Crippen molar-refractivity contribution in [2.75, 3.05) is 13.2 Å². The van der Waals surface area contributed by atoms with E-state index in [1.165, 1.54) is 6.08 Å². The van der Waals surface area contributed by atoms with Gasteiger partial charge in [-0.2, -0.15) is 0 Å². The second-order valence-electron chi connectivity index (χ2n) is 4.67. The number of carbonyl (C=O) groups is 2. The Labute approximate surface area is 131 Å². The lowest BCUT2D eigenvalue weighted by atomic mass is 10.2. The van der Waals surface area contributed by atoms with Gasteiger partial charge in [-0.25, -0.2) is 4.79 Å². The van der Waals surface area contributed by atoms with Gasteiger partial charge in [0.05, 0.1) is 6.61 Å². The summed E-state index contributed by atoms with van der Waals surface area (Å²) in [6, 6.07) is 7.39. The highest BCUT2D eigenvalue weighted by Gasteiger charge is 2.15. The van der Waals surface area contributed by atoms with Gasteiger partial charge in [-0.05, 0) is 32.4 Å². The Morgan fingerprint density at radius 2 is 2.00 bits per heavy atom. The molecule has 0 aliphatic rings. The van der Waals surface area contributed by atoms with E-state index in [-0.39, 0.29) is 5.91 Å². The van der Waals surface area contributed by atoms with Gasteiger partial charge in [0.1, 0.15) is 5.75 Å². The maximum Gasteiger partial charge on any atom is 0.331 e. The summed E-state index contributed by atoms with van der Waals surface area (Å²) in [7, 11) is 0. The van der Waals surface area contributed by atoms with Gasteiger partial charge in [0.25, 0.3) is 5.91 Å². The largest absolute Gasteiger partial charge is 0.493 e. The molecule has 1 rings (SSSR count). The Balaban J connectivity index is 2.59. The van der Waals surface area contributed by atoms with Crippen molar-refractivity contribution in [3.63, 3.8) is 0 Å². The number of carbonyl (C=O) groups excluding carboxylic acids is 2. The molecule has 0 bridgehead atoms. The zero-order valence-corrected chi connectivity index (χ0v) is 13.3. The van der Waals surface area contributed by atoms with Crippen molar-refractivity contribution in [2.45, 2.75) is 33.3 Å². The van der Waals surface area contributed by atoms with Crippen molar-refractivity contribution in [3.8, 4) is 5.75 Å². The lowest BCUT2D eigenvalue weighted by Gasteiger charge is -2.11. The van der Waals surface area contributed by atoms with Crippen LogP contribution in [0.4, 0.5) is 0 Å². The second-order valence-corrected chi connectivity index (χ2v) is 4.67. The third-order valence-corrected chi connectivity index (χ3v) is 2.83. The van der Waals surface area contributed by atoms with E-state index in [0.29, 0.717) is 18.9 Å². The SMILES string of the molecule is CCCNC(=O)C(C)OC(=O)/C=C/c1ccccc1OCC. The van der Waals surface area contributed by atoms with E-state index < -0.39 is 12.1 Å². The van der Waals surface area contributed by atoms with E-state index in [1.807, 2.05) is 38.1 Å². The van der Waals surface area contributed by atoms with Gasteiger partial charge >= 0.3 is 5.97 Å². The fourth-order valence-electron chi connectivity index (χ4n) is 1.72. The number of rotatable bonds is 8. The van der Waals surface area contributed by atoms with Crippen LogP contribution in [0.15, 0.2) is 30.3 Å². The van der Waals surface area contributed by atoms with Crippen LogP contribution in [-0.2, 0) is 14.3 Å². The molecule has 120 valence electrons. The average Bonchev–Trinajstić information content (AvgIpc) is 2.52. The molecular weight excluding hydrogens is 282 g/mol. The summed E-state index contributed by atoms with van der Waals surface area (Å²) in [5.41, 5.74) is 0.782. The van der Waals surface area contributed by atoms with E-state index in [0.717, 1.165) is 12.0 Å². The minimum atomic E-state index is -0.814. The van der Waals surface area contributed by atoms with Gasteiger partial charge in [0.2, 0.25) is 0 Å². The number of nitrogens with one attached hydrogen (secondary N) is 1. The molecular formula is C17H23NO4. The normalized spacial score (nSPS) is 12.0. The molecule has 1 N–H and O–H groups in total. The van der Waals surface area contributed by atoms with Gasteiger partial charge in [0, 0.05) is 18.2 Å². The van der Waals surface area contributed by atoms with Crippen LogP contribution in [0.5, 0.6) is 5.75 Å². The van der Waals surface area contributed by atoms with Crippen molar-refractivity contribution >= 4 is 18.0 Å². The van der Waals surface area contributed by atoms with Crippen LogP contribution >= 0.6 is 0 Å². The summed E-state index contributed by atoms with van der Waals surface area (Å²) >= 11 is 0. The highest BCUT2D eigenvalue weighted by Crippen LogP contribution is 2.19. The molecule has 0 aliphatic carbocycles. The number of esters is 1. The molecule has 1 amide bonds. The zero-order chi connectivity index (χ0) is 16.4. The van der Waals surface area contributed by atoms with E-state index >= 15 is 0 Å². The van der Waals surface area contributed by atoms with E-state index in [2.05, 4.69) is 5.32 Å². The number of amides is 1. The highest BCUT2D eigenvalue weighted by atomic mass is 16.5. The predicted octanol–water partition coefficient (Wildman–Crippen LogP) is 2.56. The lowest BCUT2D eigenvalue weighted by molar-refractivity contribution is -0.150. The minimum absolute atomic E-state index is 0.293. The van der Waals surface area contributed by atoms with Crippen molar-refractivity contribution in [1.29, 1.82) is 0 Å². The molecule has 0 saturated heterocycles. The molecule has 0 radical (unpaired) electrons. The average molecular weight is 305 g/mol. The third-order valence-electron chi connectivity index (χ3n) is 2.83. The Morgan fingerprint density at radius 1 is 1.27 bits per heavy atom. The first-order valence-electron chi connectivity index (χ1n) is 7.46. The molecule has 0 heterocycles. The van der Waals surface area contributed by atoms with Crippen molar-refractivity contribution in [3.05, 3.63) is 35.9 Å².